The second kappa shape index (κ2) is 5.33. The normalized spacial score (nSPS) is 10.2. The molecule has 0 amide bonds. The van der Waals surface area contributed by atoms with Crippen molar-refractivity contribution in [2.24, 2.45) is 0 Å². The zero-order valence-electron chi connectivity index (χ0n) is 9.48. The predicted octanol–water partition coefficient (Wildman–Crippen LogP) is 3.77. The zero-order valence-corrected chi connectivity index (χ0v) is 11.0. The molecular formula is C12H10Cl2N2O2. The molecule has 94 valence electrons. The molecule has 6 heteroatoms. The van der Waals surface area contributed by atoms with Gasteiger partial charge >= 0.3 is 0 Å². The minimum Gasteiger partial charge on any atom is -0.481 e. The van der Waals surface area contributed by atoms with Gasteiger partial charge in [-0.15, -0.1) is 0 Å². The third-order valence-electron chi connectivity index (χ3n) is 2.18. The van der Waals surface area contributed by atoms with E-state index in [1.807, 2.05) is 0 Å². The fraction of sp³-hybridized carbons (Fsp3) is 0.0833. The van der Waals surface area contributed by atoms with E-state index in [1.54, 1.807) is 30.3 Å². The highest BCUT2D eigenvalue weighted by Gasteiger charge is 2.07. The van der Waals surface area contributed by atoms with E-state index in [1.165, 1.54) is 7.11 Å². The first-order valence-electron chi connectivity index (χ1n) is 5.03. The smallest absolute Gasteiger partial charge is 0.246 e. The lowest BCUT2D eigenvalue weighted by atomic mass is 10.3. The summed E-state index contributed by atoms with van der Waals surface area (Å²) >= 11 is 11.7. The molecule has 2 aromatic rings. The van der Waals surface area contributed by atoms with Gasteiger partial charge in [-0.1, -0.05) is 23.2 Å². The Hall–Kier alpha value is -1.65. The van der Waals surface area contributed by atoms with Crippen LogP contribution in [0.3, 0.4) is 0 Å². The van der Waals surface area contributed by atoms with Gasteiger partial charge in [-0.3, -0.25) is 0 Å². The number of pyridine rings is 1. The molecule has 1 aromatic heterocycles. The van der Waals surface area contributed by atoms with Gasteiger partial charge in [-0.2, -0.15) is 4.98 Å². The Labute approximate surface area is 114 Å². The Balaban J connectivity index is 2.30. The molecule has 0 spiro atoms. The van der Waals surface area contributed by atoms with E-state index in [4.69, 9.17) is 38.4 Å². The molecule has 4 nitrogen and oxygen atoms in total. The standard InChI is InChI=1S/C12H10Cl2N2O2/c1-17-11-5-4-10(15)12(16-11)18-7-2-3-8(13)9(14)6-7/h2-6H,15H2,1H3. The number of nitrogens with zero attached hydrogens (tertiary/aromatic N) is 1. The number of hydrogen-bond acceptors (Lipinski definition) is 4. The van der Waals surface area contributed by atoms with Crippen molar-refractivity contribution in [3.05, 3.63) is 40.4 Å². The fourth-order valence-corrected chi connectivity index (χ4v) is 1.57. The molecule has 0 saturated heterocycles. The Morgan fingerprint density at radius 1 is 1.11 bits per heavy atom. The van der Waals surface area contributed by atoms with Crippen LogP contribution in [0.4, 0.5) is 5.69 Å². The second-order valence-electron chi connectivity index (χ2n) is 3.43. The van der Waals surface area contributed by atoms with Gasteiger partial charge in [0, 0.05) is 12.1 Å². The molecule has 0 saturated carbocycles. The van der Waals surface area contributed by atoms with Crippen LogP contribution in [0.15, 0.2) is 30.3 Å². The summed E-state index contributed by atoms with van der Waals surface area (Å²) in [6, 6.07) is 8.20. The van der Waals surface area contributed by atoms with Crippen LogP contribution in [0, 0.1) is 0 Å². The fourth-order valence-electron chi connectivity index (χ4n) is 1.28. The molecule has 0 radical (unpaired) electrons. The lowest BCUT2D eigenvalue weighted by Gasteiger charge is -2.09. The van der Waals surface area contributed by atoms with Crippen molar-refractivity contribution in [2.75, 3.05) is 12.8 Å². The summed E-state index contributed by atoms with van der Waals surface area (Å²) in [7, 11) is 1.52. The monoisotopic (exact) mass is 284 g/mol. The van der Waals surface area contributed by atoms with E-state index < -0.39 is 0 Å². The first kappa shape index (κ1) is 12.8. The zero-order chi connectivity index (χ0) is 13.1. The van der Waals surface area contributed by atoms with Gasteiger partial charge in [0.1, 0.15) is 5.75 Å². The van der Waals surface area contributed by atoms with Crippen LogP contribution in [0.25, 0.3) is 0 Å². The quantitative estimate of drug-likeness (QED) is 0.932. The summed E-state index contributed by atoms with van der Waals surface area (Å²) in [4.78, 5) is 4.09. The van der Waals surface area contributed by atoms with Crippen LogP contribution in [-0.4, -0.2) is 12.1 Å². The van der Waals surface area contributed by atoms with Gasteiger partial charge in [0.15, 0.2) is 0 Å². The average molecular weight is 285 g/mol. The summed E-state index contributed by atoms with van der Waals surface area (Å²) in [5.41, 5.74) is 6.16. The molecule has 2 N–H and O–H groups in total. The number of rotatable bonds is 3. The number of anilines is 1. The van der Waals surface area contributed by atoms with E-state index >= 15 is 0 Å². The molecule has 1 heterocycles. The van der Waals surface area contributed by atoms with E-state index in [0.717, 1.165) is 0 Å². The third kappa shape index (κ3) is 2.78. The number of ether oxygens (including phenoxy) is 2. The van der Waals surface area contributed by atoms with E-state index in [2.05, 4.69) is 4.98 Å². The van der Waals surface area contributed by atoms with Crippen molar-refractivity contribution in [3.63, 3.8) is 0 Å². The van der Waals surface area contributed by atoms with Gasteiger partial charge in [0.2, 0.25) is 11.8 Å². The number of benzene rings is 1. The molecule has 0 aliphatic rings. The van der Waals surface area contributed by atoms with Gasteiger partial charge in [0.05, 0.1) is 22.8 Å². The summed E-state index contributed by atoms with van der Waals surface area (Å²) < 4.78 is 10.5. The lowest BCUT2D eigenvalue weighted by molar-refractivity contribution is 0.384. The maximum atomic E-state index is 5.89. The number of hydrogen-bond donors (Lipinski definition) is 1. The van der Waals surface area contributed by atoms with E-state index in [9.17, 15) is 0 Å². The first-order chi connectivity index (χ1) is 8.60. The molecule has 0 atom stereocenters. The average Bonchev–Trinajstić information content (AvgIpc) is 2.36. The molecule has 2 rings (SSSR count). The lowest BCUT2D eigenvalue weighted by Crippen LogP contribution is -1.97. The number of nitrogens with two attached hydrogens (primary N) is 1. The highest BCUT2D eigenvalue weighted by Crippen LogP contribution is 2.31. The summed E-state index contributed by atoms with van der Waals surface area (Å²) in [5, 5.41) is 0.853. The molecule has 0 bridgehead atoms. The maximum Gasteiger partial charge on any atom is 0.246 e. The largest absolute Gasteiger partial charge is 0.481 e. The molecular weight excluding hydrogens is 275 g/mol. The Bertz CT molecular complexity index is 576. The van der Waals surface area contributed by atoms with Crippen molar-refractivity contribution >= 4 is 28.9 Å². The number of methoxy groups -OCH3 is 1. The van der Waals surface area contributed by atoms with Gasteiger partial charge in [0.25, 0.3) is 0 Å². The second-order valence-corrected chi connectivity index (χ2v) is 4.24. The van der Waals surface area contributed by atoms with Crippen molar-refractivity contribution in [1.29, 1.82) is 0 Å². The van der Waals surface area contributed by atoms with E-state index in [-0.39, 0.29) is 5.88 Å². The van der Waals surface area contributed by atoms with Crippen molar-refractivity contribution in [2.45, 2.75) is 0 Å². The minimum absolute atomic E-state index is 0.257. The maximum absolute atomic E-state index is 5.89. The summed E-state index contributed by atoms with van der Waals surface area (Å²) in [5.74, 6) is 1.17. The summed E-state index contributed by atoms with van der Waals surface area (Å²) in [6.07, 6.45) is 0. The number of aromatic nitrogens is 1. The molecule has 18 heavy (non-hydrogen) atoms. The highest BCUT2D eigenvalue weighted by atomic mass is 35.5. The third-order valence-corrected chi connectivity index (χ3v) is 2.92. The Kier molecular flexibility index (Phi) is 3.79. The van der Waals surface area contributed by atoms with E-state index in [0.29, 0.717) is 27.4 Å². The van der Waals surface area contributed by atoms with Gasteiger partial charge in [-0.25, -0.2) is 0 Å². The molecule has 0 aliphatic carbocycles. The van der Waals surface area contributed by atoms with Crippen LogP contribution in [0.5, 0.6) is 17.5 Å². The highest BCUT2D eigenvalue weighted by molar-refractivity contribution is 6.42. The van der Waals surface area contributed by atoms with Crippen LogP contribution < -0.4 is 15.2 Å². The Morgan fingerprint density at radius 2 is 1.89 bits per heavy atom. The van der Waals surface area contributed by atoms with Crippen molar-refractivity contribution < 1.29 is 9.47 Å². The number of nitrogen functional groups attached to an aromatic ring is 1. The first-order valence-corrected chi connectivity index (χ1v) is 5.79. The number of halogens is 2. The molecule has 0 aliphatic heterocycles. The van der Waals surface area contributed by atoms with Crippen LogP contribution >= 0.6 is 23.2 Å². The molecule has 0 fully saturated rings. The summed E-state index contributed by atoms with van der Waals surface area (Å²) in [6.45, 7) is 0. The topological polar surface area (TPSA) is 57.4 Å². The molecule has 0 unspecified atom stereocenters. The van der Waals surface area contributed by atoms with Gasteiger partial charge in [-0.05, 0) is 18.2 Å². The van der Waals surface area contributed by atoms with Crippen molar-refractivity contribution in [3.8, 4) is 17.5 Å². The SMILES string of the molecule is COc1ccc(N)c(Oc2ccc(Cl)c(Cl)c2)n1. The predicted molar refractivity (Wildman–Crippen MR) is 71.7 cm³/mol. The Morgan fingerprint density at radius 3 is 2.56 bits per heavy atom. The van der Waals surface area contributed by atoms with Crippen LogP contribution in [-0.2, 0) is 0 Å². The minimum atomic E-state index is 0.257. The van der Waals surface area contributed by atoms with Crippen LogP contribution in [0.2, 0.25) is 10.0 Å². The molecule has 1 aromatic carbocycles. The van der Waals surface area contributed by atoms with Crippen LogP contribution in [0.1, 0.15) is 0 Å². The van der Waals surface area contributed by atoms with Crippen molar-refractivity contribution in [1.82, 2.24) is 4.98 Å². The van der Waals surface area contributed by atoms with Gasteiger partial charge < -0.3 is 15.2 Å².